The van der Waals surface area contributed by atoms with Crippen LogP contribution in [-0.4, -0.2) is 26.9 Å². The number of nitrogens with zero attached hydrogens (tertiary/aromatic N) is 3. The molecule has 0 unspecified atom stereocenters. The van der Waals surface area contributed by atoms with E-state index in [-0.39, 0.29) is 5.76 Å². The van der Waals surface area contributed by atoms with Crippen molar-refractivity contribution in [2.75, 3.05) is 6.54 Å². The molecule has 148 valence electrons. The first-order valence-electron chi connectivity index (χ1n) is 9.60. The lowest BCUT2D eigenvalue weighted by molar-refractivity contribution is 0.240. The third-order valence-corrected chi connectivity index (χ3v) is 4.86. The number of hydrogen-bond donors (Lipinski definition) is 1. The summed E-state index contributed by atoms with van der Waals surface area (Å²) < 4.78 is 7.97. The second-order valence-corrected chi connectivity index (χ2v) is 6.90. The topological polar surface area (TPSA) is 82.1 Å². The molecule has 2 heterocycles. The van der Waals surface area contributed by atoms with E-state index in [0.29, 0.717) is 12.2 Å². The predicted octanol–water partition coefficient (Wildman–Crippen LogP) is 3.58. The Morgan fingerprint density at radius 1 is 1.07 bits per heavy atom. The fraction of sp³-hybridized carbons (Fsp3) is 0.227. The minimum Gasteiger partial charge on any atom is -0.406 e. The maximum Gasteiger partial charge on any atom is 0.427 e. The van der Waals surface area contributed by atoms with E-state index in [0.717, 1.165) is 34.7 Å². The Bertz CT molecular complexity index is 1190. The number of hydrogen-bond acceptors (Lipinski definition) is 4. The quantitative estimate of drug-likeness (QED) is 0.510. The van der Waals surface area contributed by atoms with Gasteiger partial charge in [0.05, 0.1) is 11.7 Å². The van der Waals surface area contributed by atoms with E-state index >= 15 is 0 Å². The SMILES string of the molecule is Cn1nc(-c2cn(C(=O)NCCCCc3ccccc3)c(=O)o2)c2ccccc21. The highest BCUT2D eigenvalue weighted by Crippen LogP contribution is 2.26. The van der Waals surface area contributed by atoms with Gasteiger partial charge in [-0.15, -0.1) is 0 Å². The summed E-state index contributed by atoms with van der Waals surface area (Å²) in [5.74, 6) is -0.456. The molecule has 4 aromatic rings. The molecule has 0 bridgehead atoms. The first kappa shape index (κ1) is 18.7. The second-order valence-electron chi connectivity index (χ2n) is 6.90. The summed E-state index contributed by atoms with van der Waals surface area (Å²) in [5, 5.41) is 8.06. The lowest BCUT2D eigenvalue weighted by atomic mass is 10.1. The van der Waals surface area contributed by atoms with Gasteiger partial charge in [-0.1, -0.05) is 48.5 Å². The molecule has 29 heavy (non-hydrogen) atoms. The molecule has 7 heteroatoms. The van der Waals surface area contributed by atoms with Crippen LogP contribution in [0, 0.1) is 0 Å². The second kappa shape index (κ2) is 8.18. The highest BCUT2D eigenvalue weighted by Gasteiger charge is 2.18. The van der Waals surface area contributed by atoms with Gasteiger partial charge in [0, 0.05) is 19.0 Å². The molecular formula is C22H22N4O3. The standard InChI is InChI=1S/C22H22N4O3/c1-25-18-13-6-5-12-17(18)20(24-25)19-15-26(22(28)29-19)21(27)23-14-8-7-11-16-9-3-2-4-10-16/h2-6,9-10,12-13,15H,7-8,11,14H2,1H3,(H,23,27). The molecule has 4 rings (SSSR count). The Morgan fingerprint density at radius 2 is 1.83 bits per heavy atom. The number of benzene rings is 2. The zero-order valence-electron chi connectivity index (χ0n) is 16.2. The lowest BCUT2D eigenvalue weighted by Gasteiger charge is -2.04. The van der Waals surface area contributed by atoms with Gasteiger partial charge in [-0.2, -0.15) is 9.67 Å². The van der Waals surface area contributed by atoms with Gasteiger partial charge in [-0.05, 0) is 30.9 Å². The summed E-state index contributed by atoms with van der Waals surface area (Å²) in [7, 11) is 1.82. The Labute approximate surface area is 167 Å². The van der Waals surface area contributed by atoms with Crippen molar-refractivity contribution in [3.05, 3.63) is 76.9 Å². The van der Waals surface area contributed by atoms with E-state index in [1.807, 2.05) is 49.5 Å². The van der Waals surface area contributed by atoms with E-state index in [4.69, 9.17) is 4.42 Å². The Hall–Kier alpha value is -3.61. The van der Waals surface area contributed by atoms with Crippen LogP contribution < -0.4 is 11.1 Å². The van der Waals surface area contributed by atoms with E-state index in [1.165, 1.54) is 11.8 Å². The monoisotopic (exact) mass is 390 g/mol. The van der Waals surface area contributed by atoms with Crippen molar-refractivity contribution in [2.45, 2.75) is 19.3 Å². The zero-order chi connectivity index (χ0) is 20.2. The molecule has 1 amide bonds. The fourth-order valence-electron chi connectivity index (χ4n) is 3.37. The molecule has 0 saturated carbocycles. The molecule has 0 aliphatic heterocycles. The Morgan fingerprint density at radius 3 is 2.66 bits per heavy atom. The number of aromatic nitrogens is 3. The predicted molar refractivity (Wildman–Crippen MR) is 111 cm³/mol. The molecule has 0 fully saturated rings. The van der Waals surface area contributed by atoms with Gasteiger partial charge in [-0.25, -0.2) is 9.59 Å². The maximum absolute atomic E-state index is 12.4. The highest BCUT2D eigenvalue weighted by molar-refractivity contribution is 5.92. The first-order chi connectivity index (χ1) is 14.1. The lowest BCUT2D eigenvalue weighted by Crippen LogP contribution is -2.34. The average Bonchev–Trinajstić information content (AvgIpc) is 3.29. The molecule has 0 aliphatic carbocycles. The van der Waals surface area contributed by atoms with Crippen LogP contribution in [0.25, 0.3) is 22.4 Å². The van der Waals surface area contributed by atoms with Crippen LogP contribution in [0.15, 0.2) is 70.0 Å². The number of rotatable bonds is 6. The Balaban J connectivity index is 1.40. The number of fused-ring (bicyclic) bond motifs is 1. The van der Waals surface area contributed by atoms with Crippen LogP contribution >= 0.6 is 0 Å². The third-order valence-electron chi connectivity index (χ3n) is 4.86. The van der Waals surface area contributed by atoms with Gasteiger partial charge >= 0.3 is 11.8 Å². The third kappa shape index (κ3) is 3.99. The number of aryl methyl sites for hydroxylation is 2. The number of carbonyl (C=O) groups is 1. The fourth-order valence-corrected chi connectivity index (χ4v) is 3.37. The van der Waals surface area contributed by atoms with Crippen LogP contribution in [-0.2, 0) is 13.5 Å². The van der Waals surface area contributed by atoms with Gasteiger partial charge < -0.3 is 9.73 Å². The van der Waals surface area contributed by atoms with Crippen molar-refractivity contribution in [1.29, 1.82) is 0 Å². The highest BCUT2D eigenvalue weighted by atomic mass is 16.4. The average molecular weight is 390 g/mol. The van der Waals surface area contributed by atoms with Gasteiger partial charge in [0.2, 0.25) is 0 Å². The molecular weight excluding hydrogens is 368 g/mol. The van der Waals surface area contributed by atoms with Crippen molar-refractivity contribution >= 4 is 16.9 Å². The zero-order valence-corrected chi connectivity index (χ0v) is 16.2. The van der Waals surface area contributed by atoms with Crippen LogP contribution in [0.3, 0.4) is 0 Å². The minimum atomic E-state index is -0.725. The normalized spacial score (nSPS) is 11.1. The van der Waals surface area contributed by atoms with Crippen LogP contribution in [0.4, 0.5) is 4.79 Å². The number of carbonyl (C=O) groups excluding carboxylic acids is 1. The van der Waals surface area contributed by atoms with Gasteiger partial charge in [0.25, 0.3) is 0 Å². The van der Waals surface area contributed by atoms with Crippen molar-refractivity contribution in [2.24, 2.45) is 7.05 Å². The summed E-state index contributed by atoms with van der Waals surface area (Å²) in [6.45, 7) is 0.491. The van der Waals surface area contributed by atoms with E-state index in [9.17, 15) is 9.59 Å². The van der Waals surface area contributed by atoms with Crippen molar-refractivity contribution < 1.29 is 9.21 Å². The molecule has 2 aromatic heterocycles. The maximum atomic E-state index is 12.4. The van der Waals surface area contributed by atoms with Crippen LogP contribution in [0.5, 0.6) is 0 Å². The molecule has 0 aliphatic rings. The van der Waals surface area contributed by atoms with Crippen molar-refractivity contribution in [3.63, 3.8) is 0 Å². The minimum absolute atomic E-state index is 0.269. The van der Waals surface area contributed by atoms with E-state index < -0.39 is 11.8 Å². The molecule has 0 radical (unpaired) electrons. The molecule has 0 atom stereocenters. The van der Waals surface area contributed by atoms with E-state index in [2.05, 4.69) is 22.5 Å². The Kier molecular flexibility index (Phi) is 5.29. The molecule has 2 aromatic carbocycles. The molecule has 0 saturated heterocycles. The summed E-state index contributed by atoms with van der Waals surface area (Å²) in [4.78, 5) is 24.6. The molecule has 7 nitrogen and oxygen atoms in total. The summed E-state index contributed by atoms with van der Waals surface area (Å²) in [5.41, 5.74) is 2.73. The van der Waals surface area contributed by atoms with Crippen LogP contribution in [0.2, 0.25) is 0 Å². The number of oxazole rings is 1. The number of para-hydroxylation sites is 1. The number of unbranched alkanes of at least 4 members (excludes halogenated alkanes) is 1. The summed E-state index contributed by atoms with van der Waals surface area (Å²) in [6, 6.07) is 17.4. The van der Waals surface area contributed by atoms with Crippen molar-refractivity contribution in [3.8, 4) is 11.5 Å². The van der Waals surface area contributed by atoms with Crippen molar-refractivity contribution in [1.82, 2.24) is 19.7 Å². The van der Waals surface area contributed by atoms with Crippen LogP contribution in [0.1, 0.15) is 18.4 Å². The van der Waals surface area contributed by atoms with E-state index in [1.54, 1.807) is 4.68 Å². The molecule has 0 spiro atoms. The first-order valence-corrected chi connectivity index (χ1v) is 9.60. The largest absolute Gasteiger partial charge is 0.427 e. The number of amides is 1. The summed E-state index contributed by atoms with van der Waals surface area (Å²) in [6.07, 6.45) is 4.14. The molecule has 1 N–H and O–H groups in total. The van der Waals surface area contributed by atoms with Gasteiger partial charge in [0.1, 0.15) is 5.69 Å². The number of nitrogens with one attached hydrogen (secondary N) is 1. The smallest absolute Gasteiger partial charge is 0.406 e. The summed E-state index contributed by atoms with van der Waals surface area (Å²) >= 11 is 0. The van der Waals surface area contributed by atoms with Gasteiger partial charge in [0.15, 0.2) is 5.76 Å². The van der Waals surface area contributed by atoms with Gasteiger partial charge in [-0.3, -0.25) is 4.68 Å².